The predicted octanol–water partition coefficient (Wildman–Crippen LogP) is 1.36. The second kappa shape index (κ2) is 18.1. The van der Waals surface area contributed by atoms with Crippen LogP contribution in [0.5, 0.6) is 0 Å². The van der Waals surface area contributed by atoms with Crippen LogP contribution in [0.25, 0.3) is 22.0 Å². The maximum atomic E-state index is 13.2. The lowest BCUT2D eigenvalue weighted by molar-refractivity contribution is -0.138. The number of H-pyrrole nitrogens is 1. The molecule has 5 aromatic rings. The molecular formula is C34H41N9O10S3. The van der Waals surface area contributed by atoms with Gasteiger partial charge in [0, 0.05) is 55.6 Å². The number of carbonyl (C=O) groups is 2. The smallest absolute Gasteiger partial charge is 0.323 e. The second-order valence-corrected chi connectivity index (χ2v) is 17.7. The summed E-state index contributed by atoms with van der Waals surface area (Å²) in [7, 11) is -12.5. The molecular weight excluding hydrogens is 791 g/mol. The number of nitrogens with one attached hydrogen (secondary N) is 5. The fraction of sp³-hybridized carbons (Fsp3) is 0.294. The highest BCUT2D eigenvalue weighted by atomic mass is 32.2. The molecule has 0 bridgehead atoms. The van der Waals surface area contributed by atoms with Gasteiger partial charge in [-0.05, 0) is 72.9 Å². The molecule has 0 saturated carbocycles. The summed E-state index contributed by atoms with van der Waals surface area (Å²) in [5.41, 5.74) is 7.77. The number of carboxylic acid groups (broad SMARTS) is 1. The topological polar surface area (TPSA) is 298 Å². The van der Waals surface area contributed by atoms with E-state index in [1.165, 1.54) is 48.5 Å². The lowest BCUT2D eigenvalue weighted by Gasteiger charge is -2.16. The van der Waals surface area contributed by atoms with E-state index in [1.54, 1.807) is 41.5 Å². The van der Waals surface area contributed by atoms with Crippen LogP contribution in [-0.2, 0) is 41.5 Å². The quantitative estimate of drug-likeness (QED) is 0.0383. The van der Waals surface area contributed by atoms with Crippen LogP contribution in [0.3, 0.4) is 0 Å². The van der Waals surface area contributed by atoms with Crippen molar-refractivity contribution in [2.45, 2.75) is 47.7 Å². The molecule has 2 heterocycles. The van der Waals surface area contributed by atoms with Crippen LogP contribution in [0.4, 0.5) is 5.95 Å². The SMILES string of the molecule is N[C@H](CCCNS(=O)(=O)c1ccc(-c2ccc(S(=O)(=O)N[C@@H](CNC(=O)c3ccc4c(cnn4CCCNc4ncc[nH]4)c3)C(=O)O)cc2)cc1)CS(=O)(=O)O. The number of hydrogen-bond donors (Lipinski definition) is 8. The number of aryl methyl sites for hydroxylation is 1. The monoisotopic (exact) mass is 831 g/mol. The van der Waals surface area contributed by atoms with Crippen molar-refractivity contribution in [3.8, 4) is 11.1 Å². The van der Waals surface area contributed by atoms with Gasteiger partial charge in [0.25, 0.3) is 16.0 Å². The number of benzene rings is 3. The van der Waals surface area contributed by atoms with Gasteiger partial charge in [-0.3, -0.25) is 18.8 Å². The van der Waals surface area contributed by atoms with Crippen LogP contribution in [0.2, 0.25) is 0 Å². The van der Waals surface area contributed by atoms with Gasteiger partial charge in [0.15, 0.2) is 5.95 Å². The van der Waals surface area contributed by atoms with Crippen LogP contribution < -0.4 is 25.8 Å². The third-order valence-corrected chi connectivity index (χ3v) is 12.2. The van der Waals surface area contributed by atoms with Crippen LogP contribution in [0.15, 0.2) is 95.1 Å². The molecule has 300 valence electrons. The van der Waals surface area contributed by atoms with E-state index in [0.717, 1.165) is 11.9 Å². The number of carbonyl (C=O) groups excluding carboxylic acids is 1. The second-order valence-electron chi connectivity index (χ2n) is 12.7. The van der Waals surface area contributed by atoms with Gasteiger partial charge in [0.2, 0.25) is 20.0 Å². The Morgan fingerprint density at radius 2 is 1.54 bits per heavy atom. The summed E-state index contributed by atoms with van der Waals surface area (Å²) in [6.07, 6.45) is 6.14. The summed E-state index contributed by atoms with van der Waals surface area (Å²) in [4.78, 5) is 31.8. The van der Waals surface area contributed by atoms with Crippen molar-refractivity contribution in [2.24, 2.45) is 5.73 Å². The van der Waals surface area contributed by atoms with E-state index in [9.17, 15) is 39.9 Å². The van der Waals surface area contributed by atoms with Crippen molar-refractivity contribution in [3.05, 3.63) is 90.9 Å². The van der Waals surface area contributed by atoms with E-state index in [1.807, 2.05) is 0 Å². The zero-order chi connectivity index (χ0) is 40.5. The molecule has 0 radical (unpaired) electrons. The van der Waals surface area contributed by atoms with E-state index in [-0.39, 0.29) is 34.7 Å². The molecule has 0 aliphatic rings. The standard InChI is InChI=1S/C34H41N9O10S3/c35-27(22-54(47,48)49)3-1-15-41-55(50,51)28-9-4-23(5-10-28)24-6-11-29(12-7-24)56(52,53)42-30(33(45)46)21-39-32(44)25-8-13-31-26(19-25)20-40-43(31)18-2-14-36-34-37-16-17-38-34/h4-13,16-17,19-20,27,30,41-42H,1-3,14-15,18,21-22,35H2,(H,39,44)(H,45,46)(H2,36,37,38)(H,47,48,49)/t27-,30+/m1/s1. The molecule has 0 aliphatic carbocycles. The summed E-state index contributed by atoms with van der Waals surface area (Å²) < 4.78 is 88.7. The highest BCUT2D eigenvalue weighted by molar-refractivity contribution is 7.89. The summed E-state index contributed by atoms with van der Waals surface area (Å²) in [6.45, 7) is 0.709. The van der Waals surface area contributed by atoms with Gasteiger partial charge in [0.1, 0.15) is 6.04 Å². The number of nitrogens with zero attached hydrogens (tertiary/aromatic N) is 3. The minimum Gasteiger partial charge on any atom is -0.480 e. The maximum absolute atomic E-state index is 13.2. The predicted molar refractivity (Wildman–Crippen MR) is 206 cm³/mol. The lowest BCUT2D eigenvalue weighted by atomic mass is 10.1. The number of imidazole rings is 1. The number of aromatic nitrogens is 4. The minimum atomic E-state index is -4.36. The number of rotatable bonds is 21. The molecule has 3 aromatic carbocycles. The fourth-order valence-electron chi connectivity index (χ4n) is 5.60. The first-order valence-corrected chi connectivity index (χ1v) is 21.7. The Kier molecular flexibility index (Phi) is 13.6. The highest BCUT2D eigenvalue weighted by Crippen LogP contribution is 2.23. The number of fused-ring (bicyclic) bond motifs is 1. The van der Waals surface area contributed by atoms with Crippen molar-refractivity contribution in [2.75, 3.05) is 30.7 Å². The Bertz CT molecular complexity index is 2460. The van der Waals surface area contributed by atoms with Gasteiger partial charge < -0.3 is 26.5 Å². The van der Waals surface area contributed by atoms with Crippen molar-refractivity contribution >= 4 is 58.9 Å². The summed E-state index contributed by atoms with van der Waals surface area (Å²) in [5.74, 6) is -2.07. The van der Waals surface area contributed by atoms with E-state index in [4.69, 9.17) is 10.3 Å². The number of hydrogen-bond acceptors (Lipinski definition) is 12. The molecule has 19 nitrogen and oxygen atoms in total. The zero-order valence-electron chi connectivity index (χ0n) is 29.7. The number of sulfonamides is 2. The van der Waals surface area contributed by atoms with Crippen LogP contribution >= 0.6 is 0 Å². The van der Waals surface area contributed by atoms with E-state index < -0.39 is 66.4 Å². The van der Waals surface area contributed by atoms with Crippen LogP contribution in [0.1, 0.15) is 29.6 Å². The van der Waals surface area contributed by atoms with Crippen molar-refractivity contribution in [3.63, 3.8) is 0 Å². The highest BCUT2D eigenvalue weighted by Gasteiger charge is 2.26. The van der Waals surface area contributed by atoms with Crippen molar-refractivity contribution < 1.29 is 44.5 Å². The molecule has 0 fully saturated rings. The van der Waals surface area contributed by atoms with Crippen molar-refractivity contribution in [1.82, 2.24) is 34.5 Å². The Morgan fingerprint density at radius 1 is 0.875 bits per heavy atom. The first kappa shape index (κ1) is 41.9. The molecule has 2 atom stereocenters. The molecule has 56 heavy (non-hydrogen) atoms. The zero-order valence-corrected chi connectivity index (χ0v) is 32.1. The van der Waals surface area contributed by atoms with E-state index in [0.29, 0.717) is 35.6 Å². The number of nitrogens with two attached hydrogens (primary N) is 1. The third kappa shape index (κ3) is 11.6. The largest absolute Gasteiger partial charge is 0.480 e. The molecule has 9 N–H and O–H groups in total. The first-order chi connectivity index (χ1) is 26.5. The van der Waals surface area contributed by atoms with E-state index >= 15 is 0 Å². The van der Waals surface area contributed by atoms with Gasteiger partial charge in [0.05, 0.1) is 27.3 Å². The molecule has 0 spiro atoms. The summed E-state index contributed by atoms with van der Waals surface area (Å²) in [6, 6.07) is 13.6. The Labute approximate surface area is 323 Å². The molecule has 2 aromatic heterocycles. The number of amides is 1. The Balaban J connectivity index is 1.12. The summed E-state index contributed by atoms with van der Waals surface area (Å²) >= 11 is 0. The molecule has 5 rings (SSSR count). The van der Waals surface area contributed by atoms with Crippen LogP contribution in [-0.4, -0.2) is 104 Å². The van der Waals surface area contributed by atoms with Gasteiger partial charge in [-0.25, -0.2) is 26.5 Å². The van der Waals surface area contributed by atoms with Gasteiger partial charge in [-0.15, -0.1) is 0 Å². The number of aromatic amines is 1. The van der Waals surface area contributed by atoms with Gasteiger partial charge in [-0.2, -0.15) is 18.2 Å². The number of anilines is 1. The fourth-order valence-corrected chi connectivity index (χ4v) is 8.57. The maximum Gasteiger partial charge on any atom is 0.323 e. The number of carboxylic acids is 1. The molecule has 0 aliphatic heterocycles. The minimum absolute atomic E-state index is 0.0144. The van der Waals surface area contributed by atoms with Crippen LogP contribution in [0, 0.1) is 0 Å². The summed E-state index contributed by atoms with van der Waals surface area (Å²) in [5, 5.41) is 20.5. The normalized spacial score (nSPS) is 13.3. The molecule has 0 unspecified atom stereocenters. The lowest BCUT2D eigenvalue weighted by Crippen LogP contribution is -2.48. The average molecular weight is 832 g/mol. The van der Waals surface area contributed by atoms with Gasteiger partial charge in [-0.1, -0.05) is 24.3 Å². The first-order valence-electron chi connectivity index (χ1n) is 17.1. The molecule has 22 heteroatoms. The van der Waals surface area contributed by atoms with Gasteiger partial charge >= 0.3 is 5.97 Å². The van der Waals surface area contributed by atoms with E-state index in [2.05, 4.69) is 35.1 Å². The Morgan fingerprint density at radius 3 is 2.14 bits per heavy atom. The van der Waals surface area contributed by atoms with Crippen molar-refractivity contribution in [1.29, 1.82) is 0 Å². The molecule has 1 amide bonds. The third-order valence-electron chi connectivity index (χ3n) is 8.43. The average Bonchev–Trinajstić information content (AvgIpc) is 3.83. The number of aliphatic carboxylic acids is 1. The Hall–Kier alpha value is -5.23. The molecule has 0 saturated heterocycles.